The van der Waals surface area contributed by atoms with Gasteiger partial charge in [0.15, 0.2) is 12.3 Å². The third-order valence-corrected chi connectivity index (χ3v) is 5.30. The first-order chi connectivity index (χ1) is 13.1. The van der Waals surface area contributed by atoms with E-state index in [1.807, 2.05) is 79.6 Å². The van der Waals surface area contributed by atoms with Crippen LogP contribution in [0.5, 0.6) is 0 Å². The molecule has 2 aliphatic heterocycles. The lowest BCUT2D eigenvalue weighted by Gasteiger charge is -2.35. The van der Waals surface area contributed by atoms with Crippen molar-refractivity contribution < 1.29 is 14.3 Å². The summed E-state index contributed by atoms with van der Waals surface area (Å²) in [4.78, 5) is 6.31. The van der Waals surface area contributed by atoms with E-state index in [1.165, 1.54) is 0 Å². The van der Waals surface area contributed by atoms with E-state index in [-0.39, 0.29) is 12.3 Å². The number of hydroxylamine groups is 3. The molecule has 0 aromatic heterocycles. The van der Waals surface area contributed by atoms with Gasteiger partial charge in [-0.25, -0.2) is 0 Å². The Kier molecular flexibility index (Phi) is 5.00. The van der Waals surface area contributed by atoms with Crippen LogP contribution in [-0.4, -0.2) is 34.1 Å². The standard InChI is InChI=1S/C22H26N2O3/c1-22(2)23(25)20(17-11-5-3-6-12-17)21(18-13-7-4-8-14-18)24(22)27-19-15-9-10-16-26-19/h3-8,11-14,19,21H,9-10,15-16H2,1-2H3/t19-,21+/m1/s1. The van der Waals surface area contributed by atoms with Crippen LogP contribution in [0.4, 0.5) is 0 Å². The molecule has 1 fully saturated rings. The zero-order valence-electron chi connectivity index (χ0n) is 15.9. The minimum absolute atomic E-state index is 0.299. The van der Waals surface area contributed by atoms with Gasteiger partial charge < -0.3 is 9.94 Å². The lowest BCUT2D eigenvalue weighted by Crippen LogP contribution is -2.48. The fourth-order valence-electron chi connectivity index (χ4n) is 3.85. The molecule has 0 unspecified atom stereocenters. The molecule has 2 aliphatic rings. The van der Waals surface area contributed by atoms with E-state index in [1.54, 1.807) is 0 Å². The zero-order valence-corrected chi connectivity index (χ0v) is 15.9. The summed E-state index contributed by atoms with van der Waals surface area (Å²) in [5, 5.41) is 15.2. The average molecular weight is 366 g/mol. The Balaban J connectivity index is 1.78. The smallest absolute Gasteiger partial charge is 0.246 e. The van der Waals surface area contributed by atoms with E-state index in [0.717, 1.165) is 35.1 Å². The van der Waals surface area contributed by atoms with Gasteiger partial charge in [-0.2, -0.15) is 4.74 Å². The van der Waals surface area contributed by atoms with Gasteiger partial charge in [0.25, 0.3) is 0 Å². The monoisotopic (exact) mass is 366 g/mol. The van der Waals surface area contributed by atoms with Crippen LogP contribution >= 0.6 is 0 Å². The predicted molar refractivity (Wildman–Crippen MR) is 104 cm³/mol. The predicted octanol–water partition coefficient (Wildman–Crippen LogP) is 4.24. The average Bonchev–Trinajstić information content (AvgIpc) is 2.91. The molecule has 5 heteroatoms. The molecule has 4 rings (SSSR count). The summed E-state index contributed by atoms with van der Waals surface area (Å²) < 4.78 is 6.89. The van der Waals surface area contributed by atoms with Gasteiger partial charge in [-0.05, 0) is 30.5 Å². The van der Waals surface area contributed by atoms with Gasteiger partial charge in [-0.15, -0.1) is 5.06 Å². The van der Waals surface area contributed by atoms with Gasteiger partial charge in [0.2, 0.25) is 11.4 Å². The van der Waals surface area contributed by atoms with E-state index in [2.05, 4.69) is 0 Å². The van der Waals surface area contributed by atoms with Crippen molar-refractivity contribution in [2.75, 3.05) is 6.61 Å². The molecular weight excluding hydrogens is 340 g/mol. The molecule has 0 bridgehead atoms. The Bertz CT molecular complexity index is 799. The number of benzene rings is 2. The van der Waals surface area contributed by atoms with Crippen LogP contribution in [0.3, 0.4) is 0 Å². The second kappa shape index (κ2) is 7.43. The second-order valence-corrected chi connectivity index (χ2v) is 7.58. The van der Waals surface area contributed by atoms with Crippen molar-refractivity contribution in [3.05, 3.63) is 77.0 Å². The van der Waals surface area contributed by atoms with Crippen LogP contribution in [0.1, 0.15) is 50.3 Å². The maximum atomic E-state index is 13.4. The largest absolute Gasteiger partial charge is 0.622 e. The van der Waals surface area contributed by atoms with Gasteiger partial charge in [0, 0.05) is 32.4 Å². The summed E-state index contributed by atoms with van der Waals surface area (Å²) >= 11 is 0. The summed E-state index contributed by atoms with van der Waals surface area (Å²) in [5.74, 6) is 0. The van der Waals surface area contributed by atoms with Crippen molar-refractivity contribution in [1.82, 2.24) is 5.06 Å². The van der Waals surface area contributed by atoms with Gasteiger partial charge in [0.05, 0.1) is 0 Å². The molecular formula is C22H26N2O3. The lowest BCUT2D eigenvalue weighted by molar-refractivity contribution is -0.588. The SMILES string of the molecule is CC1(C)N(O[C@@H]2CCCCO2)[C@@H](c2ccccc2)C(c2ccccc2)=[N+]1[O-]. The van der Waals surface area contributed by atoms with E-state index in [0.29, 0.717) is 12.3 Å². The molecule has 0 spiro atoms. The molecule has 27 heavy (non-hydrogen) atoms. The lowest BCUT2D eigenvalue weighted by atomic mass is 9.97. The van der Waals surface area contributed by atoms with E-state index < -0.39 is 5.66 Å². The van der Waals surface area contributed by atoms with Crippen molar-refractivity contribution in [2.45, 2.75) is 51.1 Å². The molecule has 0 saturated carbocycles. The van der Waals surface area contributed by atoms with Crippen molar-refractivity contribution in [1.29, 1.82) is 0 Å². The van der Waals surface area contributed by atoms with Crippen LogP contribution in [0, 0.1) is 5.21 Å². The second-order valence-electron chi connectivity index (χ2n) is 7.58. The Morgan fingerprint density at radius 1 is 1.04 bits per heavy atom. The highest BCUT2D eigenvalue weighted by atomic mass is 16.8. The molecule has 142 valence electrons. The first kappa shape index (κ1) is 18.2. The normalized spacial score (nSPS) is 25.7. The quantitative estimate of drug-likeness (QED) is 0.600. The topological polar surface area (TPSA) is 47.8 Å². The molecule has 1 saturated heterocycles. The number of ether oxygens (including phenoxy) is 1. The number of rotatable bonds is 4. The van der Waals surface area contributed by atoms with Crippen LogP contribution in [-0.2, 0) is 9.57 Å². The molecule has 2 heterocycles. The number of hydrogen-bond acceptors (Lipinski definition) is 4. The Labute approximate surface area is 160 Å². The van der Waals surface area contributed by atoms with Crippen molar-refractivity contribution >= 4 is 5.71 Å². The summed E-state index contributed by atoms with van der Waals surface area (Å²) in [6.07, 6.45) is 2.66. The molecule has 0 radical (unpaired) electrons. The molecule has 0 amide bonds. The number of nitrogens with zero attached hydrogens (tertiary/aromatic N) is 2. The fourth-order valence-corrected chi connectivity index (χ4v) is 3.85. The minimum atomic E-state index is -0.855. The summed E-state index contributed by atoms with van der Waals surface area (Å²) in [6.45, 7) is 4.49. The van der Waals surface area contributed by atoms with Crippen LogP contribution in [0.2, 0.25) is 0 Å². The maximum absolute atomic E-state index is 13.4. The van der Waals surface area contributed by atoms with Crippen molar-refractivity contribution in [2.24, 2.45) is 0 Å². The van der Waals surface area contributed by atoms with E-state index in [4.69, 9.17) is 9.57 Å². The van der Waals surface area contributed by atoms with Gasteiger partial charge in [-0.1, -0.05) is 48.5 Å². The van der Waals surface area contributed by atoms with E-state index in [9.17, 15) is 5.21 Å². The van der Waals surface area contributed by atoms with Gasteiger partial charge in [0.1, 0.15) is 0 Å². The Hall–Kier alpha value is -2.21. The molecule has 0 N–H and O–H groups in total. The summed E-state index contributed by atoms with van der Waals surface area (Å²) in [7, 11) is 0. The van der Waals surface area contributed by atoms with E-state index >= 15 is 0 Å². The molecule has 2 atom stereocenters. The highest BCUT2D eigenvalue weighted by Gasteiger charge is 2.54. The summed E-state index contributed by atoms with van der Waals surface area (Å²) in [6, 6.07) is 19.6. The third kappa shape index (κ3) is 3.38. The number of hydrogen-bond donors (Lipinski definition) is 0. The van der Waals surface area contributed by atoms with Gasteiger partial charge >= 0.3 is 0 Å². The van der Waals surface area contributed by atoms with Crippen LogP contribution < -0.4 is 0 Å². The first-order valence-corrected chi connectivity index (χ1v) is 9.61. The molecule has 2 aromatic carbocycles. The molecule has 0 aliphatic carbocycles. The first-order valence-electron chi connectivity index (χ1n) is 9.61. The highest BCUT2D eigenvalue weighted by Crippen LogP contribution is 2.40. The third-order valence-electron chi connectivity index (χ3n) is 5.30. The Morgan fingerprint density at radius 3 is 2.33 bits per heavy atom. The Morgan fingerprint density at radius 2 is 1.70 bits per heavy atom. The molecule has 2 aromatic rings. The van der Waals surface area contributed by atoms with Crippen LogP contribution in [0.25, 0.3) is 0 Å². The fraction of sp³-hybridized carbons (Fsp3) is 0.409. The minimum Gasteiger partial charge on any atom is -0.622 e. The summed E-state index contributed by atoms with van der Waals surface area (Å²) in [5.41, 5.74) is 1.78. The molecule has 5 nitrogen and oxygen atoms in total. The van der Waals surface area contributed by atoms with Crippen LogP contribution in [0.15, 0.2) is 60.7 Å². The zero-order chi connectivity index (χ0) is 18.9. The van der Waals surface area contributed by atoms with Gasteiger partial charge in [-0.3, -0.25) is 4.84 Å². The van der Waals surface area contributed by atoms with Crippen molar-refractivity contribution in [3.63, 3.8) is 0 Å². The highest BCUT2D eigenvalue weighted by molar-refractivity contribution is 6.02. The maximum Gasteiger partial charge on any atom is 0.246 e. The van der Waals surface area contributed by atoms with Crippen molar-refractivity contribution in [3.8, 4) is 0 Å².